The number of ether oxygens (including phenoxy) is 1. The van der Waals surface area contributed by atoms with Crippen molar-refractivity contribution in [1.29, 1.82) is 0 Å². The smallest absolute Gasteiger partial charge is 0.267 e. The molecule has 0 saturated heterocycles. The molecule has 0 unspecified atom stereocenters. The number of nitrogens with zero attached hydrogens (tertiary/aromatic N) is 1. The lowest BCUT2D eigenvalue weighted by molar-refractivity contribution is -0.122. The summed E-state index contributed by atoms with van der Waals surface area (Å²) >= 11 is 0. The van der Waals surface area contributed by atoms with Crippen molar-refractivity contribution < 1.29 is 14.1 Å². The molecular weight excluding hydrogens is 328 g/mol. The first-order valence-corrected chi connectivity index (χ1v) is 8.50. The number of nitrogens with one attached hydrogen (secondary N) is 1. The van der Waals surface area contributed by atoms with Gasteiger partial charge >= 0.3 is 0 Å². The average molecular weight is 350 g/mol. The van der Waals surface area contributed by atoms with Crippen molar-refractivity contribution >= 4 is 11.8 Å². The summed E-state index contributed by atoms with van der Waals surface area (Å²) in [5.74, 6) is 0.667. The van der Waals surface area contributed by atoms with Gasteiger partial charge in [-0.25, -0.2) is 0 Å². The van der Waals surface area contributed by atoms with Crippen LogP contribution in [-0.4, -0.2) is 17.2 Å². The zero-order chi connectivity index (χ0) is 18.7. The topological polar surface area (TPSA) is 64.4 Å². The lowest BCUT2D eigenvalue weighted by atomic mass is 10.1. The van der Waals surface area contributed by atoms with Crippen molar-refractivity contribution in [2.24, 2.45) is 0 Å². The van der Waals surface area contributed by atoms with Crippen LogP contribution in [0.15, 0.2) is 53.1 Å². The van der Waals surface area contributed by atoms with Crippen LogP contribution < -0.4 is 10.1 Å². The van der Waals surface area contributed by atoms with Crippen molar-refractivity contribution in [1.82, 2.24) is 5.16 Å². The highest BCUT2D eigenvalue weighted by atomic mass is 16.5. The molecule has 1 N–H and O–H groups in total. The summed E-state index contributed by atoms with van der Waals surface area (Å²) in [6.07, 6.45) is -0.663. The van der Waals surface area contributed by atoms with Gasteiger partial charge < -0.3 is 9.26 Å². The molecule has 1 aromatic heterocycles. The molecule has 0 aliphatic rings. The van der Waals surface area contributed by atoms with E-state index < -0.39 is 6.10 Å². The summed E-state index contributed by atoms with van der Waals surface area (Å²) in [5.41, 5.74) is 4.95. The van der Waals surface area contributed by atoms with Crippen molar-refractivity contribution in [3.8, 4) is 17.0 Å². The number of aryl methyl sites for hydroxylation is 3. The molecule has 1 atom stereocenters. The largest absolute Gasteiger partial charge is 0.481 e. The fourth-order valence-corrected chi connectivity index (χ4v) is 2.68. The summed E-state index contributed by atoms with van der Waals surface area (Å²) in [5, 5.41) is 6.70. The molecule has 0 spiro atoms. The Morgan fingerprint density at radius 2 is 1.65 bits per heavy atom. The van der Waals surface area contributed by atoms with Crippen LogP contribution in [0.4, 0.5) is 5.88 Å². The summed E-state index contributed by atoms with van der Waals surface area (Å²) in [6.45, 7) is 7.71. The van der Waals surface area contributed by atoms with E-state index >= 15 is 0 Å². The van der Waals surface area contributed by atoms with Crippen molar-refractivity contribution in [3.05, 3.63) is 65.2 Å². The van der Waals surface area contributed by atoms with E-state index in [1.165, 1.54) is 5.56 Å². The molecule has 3 rings (SSSR count). The highest BCUT2D eigenvalue weighted by molar-refractivity contribution is 5.93. The number of hydrogen-bond acceptors (Lipinski definition) is 4. The van der Waals surface area contributed by atoms with Crippen LogP contribution in [0, 0.1) is 20.8 Å². The number of carbonyl (C=O) groups excluding carboxylic acids is 1. The Morgan fingerprint density at radius 1 is 1.00 bits per heavy atom. The Balaban J connectivity index is 1.65. The van der Waals surface area contributed by atoms with Gasteiger partial charge in [-0.2, -0.15) is 0 Å². The van der Waals surface area contributed by atoms with Crippen molar-refractivity contribution in [2.75, 3.05) is 5.32 Å². The van der Waals surface area contributed by atoms with E-state index in [4.69, 9.17) is 9.26 Å². The van der Waals surface area contributed by atoms with E-state index in [1.54, 1.807) is 13.0 Å². The molecule has 2 aromatic carbocycles. The van der Waals surface area contributed by atoms with Crippen LogP contribution in [0.5, 0.6) is 5.75 Å². The van der Waals surface area contributed by atoms with Gasteiger partial charge in [0.1, 0.15) is 11.4 Å². The zero-order valence-electron chi connectivity index (χ0n) is 15.4. The summed E-state index contributed by atoms with van der Waals surface area (Å²) in [4.78, 5) is 12.4. The number of anilines is 1. The Morgan fingerprint density at radius 3 is 2.31 bits per heavy atom. The summed E-state index contributed by atoms with van der Waals surface area (Å²) < 4.78 is 11.0. The average Bonchev–Trinajstić information content (AvgIpc) is 3.03. The van der Waals surface area contributed by atoms with E-state index in [-0.39, 0.29) is 5.91 Å². The van der Waals surface area contributed by atoms with Gasteiger partial charge in [0.25, 0.3) is 5.91 Å². The maximum atomic E-state index is 12.4. The third-order valence-corrected chi connectivity index (χ3v) is 3.98. The van der Waals surface area contributed by atoms with Crippen LogP contribution in [0.1, 0.15) is 23.6 Å². The zero-order valence-corrected chi connectivity index (χ0v) is 15.4. The molecule has 26 heavy (non-hydrogen) atoms. The van der Waals surface area contributed by atoms with Crippen LogP contribution in [0.2, 0.25) is 0 Å². The number of benzene rings is 2. The van der Waals surface area contributed by atoms with E-state index in [9.17, 15) is 4.79 Å². The van der Waals surface area contributed by atoms with Gasteiger partial charge in [-0.3, -0.25) is 10.1 Å². The van der Waals surface area contributed by atoms with Gasteiger partial charge in [-0.1, -0.05) is 41.1 Å². The summed E-state index contributed by atoms with van der Waals surface area (Å²) in [6, 6.07) is 15.5. The first-order chi connectivity index (χ1) is 12.4. The third kappa shape index (κ3) is 4.30. The predicted octanol–water partition coefficient (Wildman–Crippen LogP) is 4.67. The molecule has 0 aliphatic carbocycles. The normalized spacial score (nSPS) is 11.8. The second kappa shape index (κ2) is 7.44. The van der Waals surface area contributed by atoms with Gasteiger partial charge in [-0.05, 0) is 51.0 Å². The number of rotatable bonds is 5. The third-order valence-electron chi connectivity index (χ3n) is 3.98. The molecule has 0 bridgehead atoms. The molecule has 3 aromatic rings. The maximum Gasteiger partial charge on any atom is 0.267 e. The van der Waals surface area contributed by atoms with E-state index in [1.807, 2.05) is 57.2 Å². The lowest BCUT2D eigenvalue weighted by Crippen LogP contribution is -2.30. The Labute approximate surface area is 153 Å². The fraction of sp³-hybridized carbons (Fsp3) is 0.238. The number of aromatic nitrogens is 1. The molecule has 0 aliphatic heterocycles. The molecule has 0 radical (unpaired) electrons. The minimum atomic E-state index is -0.663. The molecule has 5 nitrogen and oxygen atoms in total. The number of carbonyl (C=O) groups is 1. The van der Waals surface area contributed by atoms with Gasteiger partial charge in [0, 0.05) is 11.6 Å². The molecule has 5 heteroatoms. The maximum absolute atomic E-state index is 12.4. The standard InChI is InChI=1S/C21H22N2O3/c1-13-5-7-17(8-6-13)19-12-20(26-23-19)22-21(24)16(4)25-18-10-14(2)9-15(3)11-18/h5-12,16H,1-4H3,(H,22,24)/t16-/m0/s1. The van der Waals surface area contributed by atoms with Gasteiger partial charge in [-0.15, -0.1) is 0 Å². The van der Waals surface area contributed by atoms with E-state index in [0.29, 0.717) is 17.3 Å². The van der Waals surface area contributed by atoms with Crippen LogP contribution in [0.3, 0.4) is 0 Å². The quantitative estimate of drug-likeness (QED) is 0.726. The highest BCUT2D eigenvalue weighted by Crippen LogP contribution is 2.23. The van der Waals surface area contributed by atoms with Crippen molar-refractivity contribution in [3.63, 3.8) is 0 Å². The summed E-state index contributed by atoms with van der Waals surface area (Å²) in [7, 11) is 0. The second-order valence-electron chi connectivity index (χ2n) is 6.52. The van der Waals surface area contributed by atoms with Crippen LogP contribution in [0.25, 0.3) is 11.3 Å². The van der Waals surface area contributed by atoms with Gasteiger partial charge in [0.15, 0.2) is 6.10 Å². The second-order valence-corrected chi connectivity index (χ2v) is 6.52. The van der Waals surface area contributed by atoms with E-state index in [2.05, 4.69) is 16.5 Å². The van der Waals surface area contributed by atoms with E-state index in [0.717, 1.165) is 16.7 Å². The predicted molar refractivity (Wildman–Crippen MR) is 101 cm³/mol. The molecule has 0 saturated carbocycles. The minimum absolute atomic E-state index is 0.293. The SMILES string of the molecule is Cc1ccc(-c2cc(NC(=O)[C@H](C)Oc3cc(C)cc(C)c3)on2)cc1. The number of amides is 1. The number of hydrogen-bond donors (Lipinski definition) is 1. The van der Waals surface area contributed by atoms with Crippen LogP contribution in [-0.2, 0) is 4.79 Å². The Kier molecular flexibility index (Phi) is 5.07. The van der Waals surface area contributed by atoms with Gasteiger partial charge in [0.05, 0.1) is 0 Å². The van der Waals surface area contributed by atoms with Gasteiger partial charge in [0.2, 0.25) is 5.88 Å². The van der Waals surface area contributed by atoms with Crippen molar-refractivity contribution in [2.45, 2.75) is 33.8 Å². The molecular formula is C21H22N2O3. The Hall–Kier alpha value is -3.08. The monoisotopic (exact) mass is 350 g/mol. The molecule has 0 fully saturated rings. The molecule has 1 heterocycles. The first-order valence-electron chi connectivity index (χ1n) is 8.50. The van der Waals surface area contributed by atoms with Crippen LogP contribution >= 0.6 is 0 Å². The lowest BCUT2D eigenvalue weighted by Gasteiger charge is -2.14. The first kappa shape index (κ1) is 17.7. The fourth-order valence-electron chi connectivity index (χ4n) is 2.68. The highest BCUT2D eigenvalue weighted by Gasteiger charge is 2.17. The minimum Gasteiger partial charge on any atom is -0.481 e. The molecule has 134 valence electrons. The molecule has 1 amide bonds. The Bertz CT molecular complexity index is 893.